The number of hydrogen-bond donors (Lipinski definition) is 1. The number of carbonyl (C=O) groups is 2. The second kappa shape index (κ2) is 7.88. The van der Waals surface area contributed by atoms with Crippen LogP contribution in [0.5, 0.6) is 0 Å². The average molecular weight is 342 g/mol. The highest BCUT2D eigenvalue weighted by Crippen LogP contribution is 2.34. The fourth-order valence-electron chi connectivity index (χ4n) is 4.25. The summed E-state index contributed by atoms with van der Waals surface area (Å²) >= 11 is 1.62. The van der Waals surface area contributed by atoms with Gasteiger partial charge in [-0.1, -0.05) is 12.8 Å². The van der Waals surface area contributed by atoms with Gasteiger partial charge in [-0.25, -0.2) is 0 Å². The third-order valence-electron chi connectivity index (χ3n) is 5.44. The predicted octanol–water partition coefficient (Wildman–Crippen LogP) is 1.72. The van der Waals surface area contributed by atoms with Crippen LogP contribution < -0.4 is 5.32 Å². The standard InChI is InChI=1S/C17H31N3O2S/c1-11-10-19(17(22)16(23-5)12(2)18-4)14-8-6-7-9-15(14)20(11)13(3)21/h11-12,14-16,18H,6-10H2,1-5H3. The van der Waals surface area contributed by atoms with E-state index in [9.17, 15) is 9.59 Å². The monoisotopic (exact) mass is 341 g/mol. The van der Waals surface area contributed by atoms with E-state index in [4.69, 9.17) is 0 Å². The Kier molecular flexibility index (Phi) is 6.37. The molecule has 5 atom stereocenters. The van der Waals surface area contributed by atoms with Gasteiger partial charge in [0.05, 0.1) is 17.3 Å². The number of fused-ring (bicyclic) bond motifs is 1. The van der Waals surface area contributed by atoms with Crippen LogP contribution in [0.4, 0.5) is 0 Å². The molecule has 1 N–H and O–H groups in total. The first kappa shape index (κ1) is 18.6. The molecule has 1 aliphatic heterocycles. The molecule has 0 radical (unpaired) electrons. The molecule has 1 aliphatic carbocycles. The van der Waals surface area contributed by atoms with Crippen molar-refractivity contribution in [3.8, 4) is 0 Å². The molecule has 0 spiro atoms. The largest absolute Gasteiger partial charge is 0.335 e. The van der Waals surface area contributed by atoms with E-state index in [2.05, 4.69) is 24.1 Å². The molecule has 132 valence electrons. The van der Waals surface area contributed by atoms with Gasteiger partial charge in [0.15, 0.2) is 0 Å². The molecule has 2 amide bonds. The Morgan fingerprint density at radius 1 is 1.22 bits per heavy atom. The van der Waals surface area contributed by atoms with Gasteiger partial charge in [-0.2, -0.15) is 11.8 Å². The molecule has 5 nitrogen and oxygen atoms in total. The number of nitrogens with zero attached hydrogens (tertiary/aromatic N) is 2. The van der Waals surface area contributed by atoms with E-state index in [0.717, 1.165) is 25.7 Å². The molecule has 2 rings (SSSR count). The summed E-state index contributed by atoms with van der Waals surface area (Å²) in [5.74, 6) is 0.373. The van der Waals surface area contributed by atoms with E-state index in [0.29, 0.717) is 6.54 Å². The van der Waals surface area contributed by atoms with Crippen molar-refractivity contribution >= 4 is 23.6 Å². The van der Waals surface area contributed by atoms with Crippen molar-refractivity contribution in [1.29, 1.82) is 0 Å². The minimum absolute atomic E-state index is 0.0707. The zero-order valence-electron chi connectivity index (χ0n) is 15.0. The average Bonchev–Trinajstić information content (AvgIpc) is 2.53. The molecule has 5 unspecified atom stereocenters. The molecule has 0 bridgehead atoms. The Labute approximate surface area is 144 Å². The van der Waals surface area contributed by atoms with Gasteiger partial charge in [-0.05, 0) is 40.0 Å². The Morgan fingerprint density at radius 2 is 1.83 bits per heavy atom. The lowest BCUT2D eigenvalue weighted by Crippen LogP contribution is -2.67. The molecule has 1 saturated heterocycles. The molecular formula is C17H31N3O2S. The molecule has 0 aromatic carbocycles. The topological polar surface area (TPSA) is 52.7 Å². The summed E-state index contributed by atoms with van der Waals surface area (Å²) in [6, 6.07) is 0.625. The van der Waals surface area contributed by atoms with Crippen LogP contribution in [-0.2, 0) is 9.59 Å². The summed E-state index contributed by atoms with van der Waals surface area (Å²) < 4.78 is 0. The van der Waals surface area contributed by atoms with Gasteiger partial charge in [-0.3, -0.25) is 9.59 Å². The van der Waals surface area contributed by atoms with E-state index in [-0.39, 0.29) is 41.2 Å². The van der Waals surface area contributed by atoms with Crippen LogP contribution in [0.2, 0.25) is 0 Å². The van der Waals surface area contributed by atoms with Gasteiger partial charge >= 0.3 is 0 Å². The summed E-state index contributed by atoms with van der Waals surface area (Å²) in [6.07, 6.45) is 6.34. The van der Waals surface area contributed by atoms with Crippen molar-refractivity contribution in [2.75, 3.05) is 19.8 Å². The smallest absolute Gasteiger partial charge is 0.237 e. The quantitative estimate of drug-likeness (QED) is 0.846. The van der Waals surface area contributed by atoms with Crippen LogP contribution in [-0.4, -0.2) is 70.9 Å². The summed E-state index contributed by atoms with van der Waals surface area (Å²) in [5.41, 5.74) is 0. The summed E-state index contributed by atoms with van der Waals surface area (Å²) in [4.78, 5) is 29.4. The van der Waals surface area contributed by atoms with Crippen molar-refractivity contribution in [3.63, 3.8) is 0 Å². The van der Waals surface area contributed by atoms with E-state index in [1.807, 2.05) is 18.2 Å². The Bertz CT molecular complexity index is 446. The highest BCUT2D eigenvalue weighted by atomic mass is 32.2. The zero-order chi connectivity index (χ0) is 17.1. The lowest BCUT2D eigenvalue weighted by Gasteiger charge is -2.53. The molecular weight excluding hydrogens is 310 g/mol. The molecule has 2 fully saturated rings. The third kappa shape index (κ3) is 3.68. The van der Waals surface area contributed by atoms with Crippen molar-refractivity contribution < 1.29 is 9.59 Å². The van der Waals surface area contributed by atoms with Crippen molar-refractivity contribution in [1.82, 2.24) is 15.1 Å². The number of amides is 2. The van der Waals surface area contributed by atoms with Gasteiger partial charge in [0.2, 0.25) is 11.8 Å². The van der Waals surface area contributed by atoms with Crippen LogP contribution in [0, 0.1) is 0 Å². The highest BCUT2D eigenvalue weighted by molar-refractivity contribution is 8.00. The van der Waals surface area contributed by atoms with Gasteiger partial charge in [0.25, 0.3) is 0 Å². The lowest BCUT2D eigenvalue weighted by atomic mass is 9.84. The van der Waals surface area contributed by atoms with Gasteiger partial charge < -0.3 is 15.1 Å². The molecule has 1 saturated carbocycles. The van der Waals surface area contributed by atoms with Gasteiger partial charge in [-0.15, -0.1) is 0 Å². The first-order valence-corrected chi connectivity index (χ1v) is 10.0. The van der Waals surface area contributed by atoms with E-state index in [1.165, 1.54) is 0 Å². The normalized spacial score (nSPS) is 30.6. The number of carbonyl (C=O) groups excluding carboxylic acids is 2. The molecule has 0 aromatic heterocycles. The summed E-state index contributed by atoms with van der Waals surface area (Å²) in [7, 11) is 1.90. The molecule has 23 heavy (non-hydrogen) atoms. The van der Waals surface area contributed by atoms with E-state index in [1.54, 1.807) is 18.7 Å². The van der Waals surface area contributed by atoms with Crippen LogP contribution in [0.25, 0.3) is 0 Å². The second-order valence-electron chi connectivity index (χ2n) is 6.92. The number of rotatable bonds is 4. The zero-order valence-corrected chi connectivity index (χ0v) is 15.9. The van der Waals surface area contributed by atoms with E-state index < -0.39 is 0 Å². The van der Waals surface area contributed by atoms with Crippen molar-refractivity contribution in [3.05, 3.63) is 0 Å². The van der Waals surface area contributed by atoms with E-state index >= 15 is 0 Å². The first-order chi connectivity index (χ1) is 10.9. The van der Waals surface area contributed by atoms with Gasteiger partial charge in [0.1, 0.15) is 0 Å². The Morgan fingerprint density at radius 3 is 2.35 bits per heavy atom. The number of nitrogens with one attached hydrogen (secondary N) is 1. The number of piperazine rings is 1. The second-order valence-corrected chi connectivity index (χ2v) is 7.90. The lowest BCUT2D eigenvalue weighted by molar-refractivity contribution is -0.152. The molecule has 6 heteroatoms. The number of hydrogen-bond acceptors (Lipinski definition) is 4. The summed E-state index contributed by atoms with van der Waals surface area (Å²) in [5, 5.41) is 3.14. The minimum atomic E-state index is -0.0707. The highest BCUT2D eigenvalue weighted by Gasteiger charge is 2.45. The fourth-order valence-corrected chi connectivity index (χ4v) is 5.13. The SMILES string of the molecule is CNC(C)C(SC)C(=O)N1CC(C)N(C(C)=O)C2CCCCC21. The molecule has 0 aromatic rings. The third-order valence-corrected chi connectivity index (χ3v) is 6.56. The number of thioether (sulfide) groups is 1. The summed E-state index contributed by atoms with van der Waals surface area (Å²) in [6.45, 7) is 6.45. The Hall–Kier alpha value is -0.750. The molecule has 1 heterocycles. The molecule has 2 aliphatic rings. The maximum absolute atomic E-state index is 13.2. The first-order valence-electron chi connectivity index (χ1n) is 8.71. The van der Waals surface area contributed by atoms with Crippen LogP contribution in [0.1, 0.15) is 46.5 Å². The maximum Gasteiger partial charge on any atom is 0.237 e. The predicted molar refractivity (Wildman–Crippen MR) is 95.6 cm³/mol. The van der Waals surface area contributed by atoms with Crippen LogP contribution in [0.15, 0.2) is 0 Å². The maximum atomic E-state index is 13.2. The van der Waals surface area contributed by atoms with Crippen LogP contribution in [0.3, 0.4) is 0 Å². The Balaban J connectivity index is 2.24. The minimum Gasteiger partial charge on any atom is -0.335 e. The van der Waals surface area contributed by atoms with Crippen molar-refractivity contribution in [2.24, 2.45) is 0 Å². The van der Waals surface area contributed by atoms with Gasteiger partial charge in [0, 0.05) is 25.6 Å². The van der Waals surface area contributed by atoms with Crippen molar-refractivity contribution in [2.45, 2.75) is 75.9 Å². The fraction of sp³-hybridized carbons (Fsp3) is 0.882. The van der Waals surface area contributed by atoms with Crippen LogP contribution >= 0.6 is 11.8 Å².